The van der Waals surface area contributed by atoms with Crippen LogP contribution in [0.2, 0.25) is 0 Å². The van der Waals surface area contributed by atoms with Gasteiger partial charge in [0.2, 0.25) is 0 Å². The second-order valence-electron chi connectivity index (χ2n) is 4.22. The van der Waals surface area contributed by atoms with Gasteiger partial charge in [-0.05, 0) is 25.9 Å². The fourth-order valence-electron chi connectivity index (χ4n) is 1.83. The molecule has 0 bridgehead atoms. The van der Waals surface area contributed by atoms with Crippen LogP contribution in [-0.2, 0) is 4.79 Å². The van der Waals surface area contributed by atoms with Gasteiger partial charge in [-0.2, -0.15) is 0 Å². The largest absolute Gasteiger partial charge is 0.480 e. The van der Waals surface area contributed by atoms with E-state index in [1.54, 1.807) is 0 Å². The number of aliphatic carboxylic acids is 1. The van der Waals surface area contributed by atoms with Crippen LogP contribution in [0.25, 0.3) is 0 Å². The van der Waals surface area contributed by atoms with Crippen LogP contribution >= 0.6 is 0 Å². The molecular formula is C10H20N2O2. The first-order chi connectivity index (χ1) is 6.59. The summed E-state index contributed by atoms with van der Waals surface area (Å²) in [6, 6.07) is -0.202. The predicted molar refractivity (Wildman–Crippen MR) is 55.4 cm³/mol. The van der Waals surface area contributed by atoms with Crippen molar-refractivity contribution in [2.45, 2.75) is 38.8 Å². The third-order valence-electron chi connectivity index (χ3n) is 2.47. The molecule has 1 aliphatic heterocycles. The second kappa shape index (κ2) is 5.32. The van der Waals surface area contributed by atoms with Crippen LogP contribution in [0, 0.1) is 0 Å². The Morgan fingerprint density at radius 3 is 2.43 bits per heavy atom. The van der Waals surface area contributed by atoms with Crippen molar-refractivity contribution in [1.29, 1.82) is 0 Å². The van der Waals surface area contributed by atoms with Crippen LogP contribution in [0.1, 0.15) is 26.7 Å². The number of nitrogens with zero attached hydrogens (tertiary/aromatic N) is 1. The smallest absolute Gasteiger partial charge is 0.322 e. The molecule has 2 N–H and O–H groups in total. The maximum atomic E-state index is 10.9. The normalized spacial score (nSPS) is 20.2. The zero-order valence-corrected chi connectivity index (χ0v) is 8.99. The zero-order chi connectivity index (χ0) is 10.6. The minimum absolute atomic E-state index is 0.221. The molecule has 0 aromatic carbocycles. The van der Waals surface area contributed by atoms with Crippen LogP contribution < -0.4 is 5.32 Å². The van der Waals surface area contributed by atoms with E-state index < -0.39 is 12.0 Å². The van der Waals surface area contributed by atoms with Gasteiger partial charge in [-0.15, -0.1) is 0 Å². The average molecular weight is 200 g/mol. The van der Waals surface area contributed by atoms with Gasteiger partial charge in [0.1, 0.15) is 6.04 Å². The third kappa shape index (κ3) is 3.64. The van der Waals surface area contributed by atoms with Crippen LogP contribution in [0.3, 0.4) is 0 Å². The average Bonchev–Trinajstić information content (AvgIpc) is 2.54. The van der Waals surface area contributed by atoms with Gasteiger partial charge in [-0.25, -0.2) is 0 Å². The zero-order valence-electron chi connectivity index (χ0n) is 8.99. The summed E-state index contributed by atoms with van der Waals surface area (Å²) in [5.74, 6) is -0.745. The van der Waals surface area contributed by atoms with E-state index in [4.69, 9.17) is 5.11 Å². The molecule has 0 saturated carbocycles. The maximum absolute atomic E-state index is 10.9. The summed E-state index contributed by atoms with van der Waals surface area (Å²) >= 11 is 0. The standard InChI is InChI=1S/C10H20N2O2/c1-8(2)11-9(10(13)14)7-12-5-3-4-6-12/h8-9,11H,3-7H2,1-2H3,(H,13,14). The number of hydrogen-bond donors (Lipinski definition) is 2. The molecule has 4 heteroatoms. The van der Waals surface area contributed by atoms with Crippen LogP contribution in [0.15, 0.2) is 0 Å². The van der Waals surface area contributed by atoms with Crippen molar-refractivity contribution in [2.75, 3.05) is 19.6 Å². The van der Waals surface area contributed by atoms with Gasteiger partial charge in [0.25, 0.3) is 0 Å². The quantitative estimate of drug-likeness (QED) is 0.680. The molecule has 1 fully saturated rings. The molecule has 1 heterocycles. The van der Waals surface area contributed by atoms with Gasteiger partial charge < -0.3 is 15.3 Å². The Bertz CT molecular complexity index is 189. The van der Waals surface area contributed by atoms with Crippen molar-refractivity contribution in [3.8, 4) is 0 Å². The van der Waals surface area contributed by atoms with Gasteiger partial charge in [-0.3, -0.25) is 4.79 Å². The molecule has 0 spiro atoms. The Labute approximate surface area is 85.3 Å². The number of likely N-dealkylation sites (tertiary alicyclic amines) is 1. The van der Waals surface area contributed by atoms with Gasteiger partial charge >= 0.3 is 5.97 Å². The second-order valence-corrected chi connectivity index (χ2v) is 4.22. The minimum atomic E-state index is -0.745. The van der Waals surface area contributed by atoms with Crippen molar-refractivity contribution < 1.29 is 9.90 Å². The van der Waals surface area contributed by atoms with Crippen molar-refractivity contribution in [3.63, 3.8) is 0 Å². The Balaban J connectivity index is 2.37. The van der Waals surface area contributed by atoms with Crippen LogP contribution in [0.4, 0.5) is 0 Å². The molecule has 1 unspecified atom stereocenters. The molecule has 82 valence electrons. The van der Waals surface area contributed by atoms with Crippen LogP contribution in [0.5, 0.6) is 0 Å². The molecular weight excluding hydrogens is 180 g/mol. The third-order valence-corrected chi connectivity index (χ3v) is 2.47. The Hall–Kier alpha value is -0.610. The van der Waals surface area contributed by atoms with Gasteiger partial charge in [0.15, 0.2) is 0 Å². The van der Waals surface area contributed by atoms with Gasteiger partial charge in [0, 0.05) is 12.6 Å². The number of rotatable bonds is 5. The van der Waals surface area contributed by atoms with Gasteiger partial charge in [-0.1, -0.05) is 13.8 Å². The fourth-order valence-corrected chi connectivity index (χ4v) is 1.83. The Kier molecular flexibility index (Phi) is 4.35. The topological polar surface area (TPSA) is 52.6 Å². The molecule has 0 aliphatic carbocycles. The molecule has 0 radical (unpaired) electrons. The highest BCUT2D eigenvalue weighted by molar-refractivity contribution is 5.73. The summed E-state index contributed by atoms with van der Waals surface area (Å²) in [4.78, 5) is 13.1. The minimum Gasteiger partial charge on any atom is -0.480 e. The van der Waals surface area contributed by atoms with Crippen molar-refractivity contribution in [1.82, 2.24) is 10.2 Å². The number of hydrogen-bond acceptors (Lipinski definition) is 3. The molecule has 0 aromatic rings. The van der Waals surface area contributed by atoms with E-state index in [9.17, 15) is 4.79 Å². The lowest BCUT2D eigenvalue weighted by molar-refractivity contribution is -0.140. The first-order valence-corrected chi connectivity index (χ1v) is 5.31. The Morgan fingerprint density at radius 2 is 2.00 bits per heavy atom. The molecule has 1 saturated heterocycles. The Morgan fingerprint density at radius 1 is 1.43 bits per heavy atom. The molecule has 4 nitrogen and oxygen atoms in total. The van der Waals surface area contributed by atoms with Crippen LogP contribution in [-0.4, -0.2) is 47.7 Å². The van der Waals surface area contributed by atoms with E-state index in [1.807, 2.05) is 13.8 Å². The van der Waals surface area contributed by atoms with E-state index in [0.717, 1.165) is 13.1 Å². The number of carbonyl (C=O) groups is 1. The molecule has 1 aliphatic rings. The molecule has 0 aromatic heterocycles. The summed E-state index contributed by atoms with van der Waals surface area (Å²) in [6.45, 7) is 6.67. The number of nitrogens with one attached hydrogen (secondary N) is 1. The SMILES string of the molecule is CC(C)NC(CN1CCCC1)C(=O)O. The first kappa shape index (κ1) is 11.5. The molecule has 1 rings (SSSR count). The summed E-state index contributed by atoms with van der Waals surface area (Å²) in [5.41, 5.74) is 0. The highest BCUT2D eigenvalue weighted by Gasteiger charge is 2.22. The van der Waals surface area contributed by atoms with E-state index in [-0.39, 0.29) is 6.04 Å². The summed E-state index contributed by atoms with van der Waals surface area (Å²) in [6.07, 6.45) is 2.40. The van der Waals surface area contributed by atoms with E-state index in [2.05, 4.69) is 10.2 Å². The molecule has 0 amide bonds. The van der Waals surface area contributed by atoms with Gasteiger partial charge in [0.05, 0.1) is 0 Å². The summed E-state index contributed by atoms with van der Waals surface area (Å²) in [5, 5.41) is 12.1. The maximum Gasteiger partial charge on any atom is 0.322 e. The highest BCUT2D eigenvalue weighted by Crippen LogP contribution is 2.07. The van der Waals surface area contributed by atoms with E-state index in [0.29, 0.717) is 6.54 Å². The first-order valence-electron chi connectivity index (χ1n) is 5.31. The monoisotopic (exact) mass is 200 g/mol. The lowest BCUT2D eigenvalue weighted by Gasteiger charge is -2.22. The fraction of sp³-hybridized carbons (Fsp3) is 0.900. The lowest BCUT2D eigenvalue weighted by atomic mass is 10.2. The summed E-state index contributed by atoms with van der Waals surface area (Å²) in [7, 11) is 0. The molecule has 14 heavy (non-hydrogen) atoms. The number of carboxylic acid groups (broad SMARTS) is 1. The molecule has 1 atom stereocenters. The highest BCUT2D eigenvalue weighted by atomic mass is 16.4. The van der Waals surface area contributed by atoms with E-state index in [1.165, 1.54) is 12.8 Å². The van der Waals surface area contributed by atoms with Crippen molar-refractivity contribution in [3.05, 3.63) is 0 Å². The van der Waals surface area contributed by atoms with E-state index >= 15 is 0 Å². The van der Waals surface area contributed by atoms with Crippen molar-refractivity contribution in [2.24, 2.45) is 0 Å². The predicted octanol–water partition coefficient (Wildman–Crippen LogP) is 0.533. The van der Waals surface area contributed by atoms with Crippen molar-refractivity contribution >= 4 is 5.97 Å². The number of carboxylic acids is 1. The lowest BCUT2D eigenvalue weighted by Crippen LogP contribution is -2.48. The summed E-state index contributed by atoms with van der Waals surface area (Å²) < 4.78 is 0.